The van der Waals surface area contributed by atoms with Gasteiger partial charge in [-0.2, -0.15) is 0 Å². The lowest BCUT2D eigenvalue weighted by Gasteiger charge is -2.03. The number of hydrogen-bond acceptors (Lipinski definition) is 2. The lowest BCUT2D eigenvalue weighted by molar-refractivity contribution is 0.727. The Balaban J connectivity index is 2.28. The van der Waals surface area contributed by atoms with E-state index in [1.807, 2.05) is 30.3 Å². The van der Waals surface area contributed by atoms with E-state index in [0.29, 0.717) is 6.54 Å². The molecule has 0 aliphatic rings. The van der Waals surface area contributed by atoms with Crippen LogP contribution in [0.25, 0.3) is 0 Å². The zero-order chi connectivity index (χ0) is 9.80. The summed E-state index contributed by atoms with van der Waals surface area (Å²) in [5.74, 6) is 0. The van der Waals surface area contributed by atoms with Gasteiger partial charge in [-0.15, -0.1) is 0 Å². The van der Waals surface area contributed by atoms with Crippen LogP contribution in [0.3, 0.4) is 0 Å². The van der Waals surface area contributed by atoms with E-state index >= 15 is 0 Å². The smallest absolute Gasteiger partial charge is 0.295 e. The molecule has 3 nitrogen and oxygen atoms in total. The van der Waals surface area contributed by atoms with Crippen molar-refractivity contribution < 1.29 is 0 Å². The fourth-order valence-corrected chi connectivity index (χ4v) is 1.29. The Morgan fingerprint density at radius 2 is 1.93 bits per heavy atom. The molecule has 0 aliphatic heterocycles. The van der Waals surface area contributed by atoms with Crippen LogP contribution in [-0.2, 0) is 6.54 Å². The maximum atomic E-state index is 11.3. The molecule has 0 N–H and O–H groups in total. The van der Waals surface area contributed by atoms with Crippen molar-refractivity contribution in [2.24, 2.45) is 0 Å². The molecule has 0 saturated carbocycles. The first-order valence-corrected chi connectivity index (χ1v) is 4.41. The van der Waals surface area contributed by atoms with Crippen molar-refractivity contribution in [1.82, 2.24) is 9.55 Å². The van der Waals surface area contributed by atoms with E-state index in [1.165, 1.54) is 6.20 Å². The Morgan fingerprint density at radius 1 is 1.14 bits per heavy atom. The average molecular weight is 186 g/mol. The Bertz CT molecular complexity index is 462. The fraction of sp³-hybridized carbons (Fsp3) is 0.0909. The molecule has 0 aliphatic carbocycles. The molecule has 0 fully saturated rings. The quantitative estimate of drug-likeness (QED) is 0.708. The highest BCUT2D eigenvalue weighted by Gasteiger charge is 1.95. The van der Waals surface area contributed by atoms with Gasteiger partial charge in [0, 0.05) is 12.4 Å². The second-order valence-corrected chi connectivity index (χ2v) is 3.02. The van der Waals surface area contributed by atoms with Crippen LogP contribution < -0.4 is 5.69 Å². The Labute approximate surface area is 81.7 Å². The number of hydrogen-bond donors (Lipinski definition) is 0. The van der Waals surface area contributed by atoms with Crippen molar-refractivity contribution >= 4 is 0 Å². The van der Waals surface area contributed by atoms with Gasteiger partial charge in [0.25, 0.3) is 0 Å². The van der Waals surface area contributed by atoms with Crippen molar-refractivity contribution in [2.45, 2.75) is 6.54 Å². The van der Waals surface area contributed by atoms with Crippen LogP contribution in [0.1, 0.15) is 5.56 Å². The first kappa shape index (κ1) is 8.69. The number of benzene rings is 1. The van der Waals surface area contributed by atoms with Gasteiger partial charge in [0.2, 0.25) is 0 Å². The van der Waals surface area contributed by atoms with Crippen molar-refractivity contribution in [2.75, 3.05) is 0 Å². The predicted molar refractivity (Wildman–Crippen MR) is 54.0 cm³/mol. The molecule has 2 rings (SSSR count). The molecule has 14 heavy (non-hydrogen) atoms. The maximum Gasteiger partial charge on any atom is 0.347 e. The first-order chi connectivity index (χ1) is 6.86. The molecule has 3 heteroatoms. The molecule has 0 bridgehead atoms. The van der Waals surface area contributed by atoms with E-state index in [-0.39, 0.29) is 5.69 Å². The normalized spacial score (nSPS) is 10.0. The van der Waals surface area contributed by atoms with Gasteiger partial charge < -0.3 is 0 Å². The third kappa shape index (κ3) is 1.88. The van der Waals surface area contributed by atoms with Crippen molar-refractivity contribution in [1.29, 1.82) is 0 Å². The monoisotopic (exact) mass is 186 g/mol. The van der Waals surface area contributed by atoms with Crippen molar-refractivity contribution in [3.05, 3.63) is 64.8 Å². The largest absolute Gasteiger partial charge is 0.347 e. The first-order valence-electron chi connectivity index (χ1n) is 4.41. The van der Waals surface area contributed by atoms with E-state index in [0.717, 1.165) is 5.56 Å². The maximum absolute atomic E-state index is 11.3. The third-order valence-corrected chi connectivity index (χ3v) is 1.98. The predicted octanol–water partition coefficient (Wildman–Crippen LogP) is 1.29. The molecule has 2 aromatic rings. The zero-order valence-corrected chi connectivity index (χ0v) is 7.63. The van der Waals surface area contributed by atoms with Gasteiger partial charge >= 0.3 is 5.69 Å². The highest BCUT2D eigenvalue weighted by atomic mass is 16.1. The van der Waals surface area contributed by atoms with Gasteiger partial charge in [0.1, 0.15) is 0 Å². The van der Waals surface area contributed by atoms with E-state index < -0.39 is 0 Å². The van der Waals surface area contributed by atoms with Crippen molar-refractivity contribution in [3.8, 4) is 0 Å². The second kappa shape index (κ2) is 3.87. The molecule has 1 aromatic carbocycles. The van der Waals surface area contributed by atoms with E-state index in [1.54, 1.807) is 16.8 Å². The number of nitrogens with zero attached hydrogens (tertiary/aromatic N) is 2. The Kier molecular flexibility index (Phi) is 2.40. The van der Waals surface area contributed by atoms with Gasteiger partial charge in [0.05, 0.1) is 6.54 Å². The lowest BCUT2D eigenvalue weighted by atomic mass is 10.2. The van der Waals surface area contributed by atoms with Crippen LogP contribution in [0.15, 0.2) is 53.6 Å². The molecule has 0 atom stereocenters. The lowest BCUT2D eigenvalue weighted by Crippen LogP contribution is -2.21. The van der Waals surface area contributed by atoms with Gasteiger partial charge in [0.15, 0.2) is 0 Å². The molecule has 0 radical (unpaired) electrons. The topological polar surface area (TPSA) is 34.9 Å². The molecule has 1 aromatic heterocycles. The summed E-state index contributed by atoms with van der Waals surface area (Å²) < 4.78 is 1.58. The minimum atomic E-state index is -0.212. The van der Waals surface area contributed by atoms with Gasteiger partial charge in [-0.05, 0) is 11.6 Å². The Morgan fingerprint density at radius 3 is 2.64 bits per heavy atom. The molecule has 70 valence electrons. The van der Waals surface area contributed by atoms with Crippen LogP contribution in [0.4, 0.5) is 0 Å². The van der Waals surface area contributed by atoms with Crippen molar-refractivity contribution in [3.63, 3.8) is 0 Å². The summed E-state index contributed by atoms with van der Waals surface area (Å²) in [6, 6.07) is 11.6. The molecule has 0 amide bonds. The second-order valence-electron chi connectivity index (χ2n) is 3.02. The minimum absolute atomic E-state index is 0.212. The summed E-state index contributed by atoms with van der Waals surface area (Å²) in [5, 5.41) is 0. The SMILES string of the molecule is O=c1ncccn1Cc1ccccc1. The van der Waals surface area contributed by atoms with Crippen LogP contribution in [-0.4, -0.2) is 9.55 Å². The van der Waals surface area contributed by atoms with Gasteiger partial charge in [-0.25, -0.2) is 9.78 Å². The van der Waals surface area contributed by atoms with Crippen LogP contribution in [0.5, 0.6) is 0 Å². The van der Waals surface area contributed by atoms with E-state index in [2.05, 4.69) is 4.98 Å². The molecule has 0 saturated heterocycles. The van der Waals surface area contributed by atoms with Gasteiger partial charge in [-0.1, -0.05) is 30.3 Å². The summed E-state index contributed by atoms with van der Waals surface area (Å²) in [7, 11) is 0. The van der Waals surface area contributed by atoms with Crippen LogP contribution in [0.2, 0.25) is 0 Å². The number of aromatic nitrogens is 2. The highest BCUT2D eigenvalue weighted by molar-refractivity contribution is 5.14. The molecule has 0 unspecified atom stereocenters. The average Bonchev–Trinajstić information content (AvgIpc) is 2.23. The molecular formula is C11H10N2O. The molecule has 0 spiro atoms. The highest BCUT2D eigenvalue weighted by Crippen LogP contribution is 1.99. The van der Waals surface area contributed by atoms with Gasteiger partial charge in [-0.3, -0.25) is 4.57 Å². The third-order valence-electron chi connectivity index (χ3n) is 1.98. The summed E-state index contributed by atoms with van der Waals surface area (Å²) in [4.78, 5) is 15.0. The zero-order valence-electron chi connectivity index (χ0n) is 7.63. The van der Waals surface area contributed by atoms with Crippen LogP contribution >= 0.6 is 0 Å². The summed E-state index contributed by atoms with van der Waals surface area (Å²) in [6.45, 7) is 0.577. The van der Waals surface area contributed by atoms with Crippen LogP contribution in [0, 0.1) is 0 Å². The van der Waals surface area contributed by atoms with E-state index in [4.69, 9.17) is 0 Å². The summed E-state index contributed by atoms with van der Waals surface area (Å²) in [6.07, 6.45) is 3.24. The standard InChI is InChI=1S/C11H10N2O/c14-11-12-7-4-8-13(11)9-10-5-2-1-3-6-10/h1-8H,9H2. The molecular weight excluding hydrogens is 176 g/mol. The molecule has 1 heterocycles. The fourth-order valence-electron chi connectivity index (χ4n) is 1.29. The minimum Gasteiger partial charge on any atom is -0.295 e. The summed E-state index contributed by atoms with van der Waals surface area (Å²) in [5.41, 5.74) is 0.888. The van der Waals surface area contributed by atoms with E-state index in [9.17, 15) is 4.79 Å². The Hall–Kier alpha value is -1.90. The number of rotatable bonds is 2. The summed E-state index contributed by atoms with van der Waals surface area (Å²) >= 11 is 0.